The first-order valence-electron chi connectivity index (χ1n) is 4.31. The first-order valence-corrected chi connectivity index (χ1v) is 4.31. The Labute approximate surface area is 86.6 Å². The van der Waals surface area contributed by atoms with Gasteiger partial charge in [-0.05, 0) is 12.1 Å². The van der Waals surface area contributed by atoms with E-state index < -0.39 is 5.91 Å². The Kier molecular flexibility index (Phi) is 3.52. The summed E-state index contributed by atoms with van der Waals surface area (Å²) in [6, 6.07) is 5.49. The number of amides is 1. The van der Waals surface area contributed by atoms with E-state index in [-0.39, 0.29) is 30.0 Å². The molecule has 0 saturated heterocycles. The number of benzene rings is 1. The van der Waals surface area contributed by atoms with E-state index in [1.807, 2.05) is 6.07 Å². The highest BCUT2D eigenvalue weighted by molar-refractivity contribution is 5.95. The third kappa shape index (κ3) is 3.19. The van der Waals surface area contributed by atoms with Gasteiger partial charge in [-0.2, -0.15) is 5.26 Å². The summed E-state index contributed by atoms with van der Waals surface area (Å²) in [7, 11) is 0. The Hall–Kier alpha value is -2.22. The monoisotopic (exact) mass is 206 g/mol. The molecule has 0 fully saturated rings. The van der Waals surface area contributed by atoms with Crippen LogP contribution in [0, 0.1) is 11.3 Å². The number of nitrogens with one attached hydrogen (secondary N) is 1. The first kappa shape index (κ1) is 10.9. The summed E-state index contributed by atoms with van der Waals surface area (Å²) < 4.78 is 0. The lowest BCUT2D eigenvalue weighted by molar-refractivity contribution is 0.0953. The molecule has 0 unspecified atom stereocenters. The van der Waals surface area contributed by atoms with Crippen LogP contribution in [0.3, 0.4) is 0 Å². The number of phenols is 2. The molecule has 0 bridgehead atoms. The van der Waals surface area contributed by atoms with Gasteiger partial charge >= 0.3 is 0 Å². The predicted molar refractivity (Wildman–Crippen MR) is 52.3 cm³/mol. The van der Waals surface area contributed by atoms with Crippen LogP contribution in [0.2, 0.25) is 0 Å². The summed E-state index contributed by atoms with van der Waals surface area (Å²) in [4.78, 5) is 11.4. The van der Waals surface area contributed by atoms with Crippen molar-refractivity contribution < 1.29 is 15.0 Å². The number of carbonyl (C=O) groups is 1. The average Bonchev–Trinajstić information content (AvgIpc) is 2.16. The average molecular weight is 206 g/mol. The second kappa shape index (κ2) is 4.86. The number of phenolic OH excluding ortho intramolecular Hbond substituents is 2. The fraction of sp³-hybridized carbons (Fsp3) is 0.200. The van der Waals surface area contributed by atoms with Crippen LogP contribution in [0.4, 0.5) is 0 Å². The molecular formula is C10H10N2O3. The van der Waals surface area contributed by atoms with Gasteiger partial charge in [0, 0.05) is 18.2 Å². The van der Waals surface area contributed by atoms with Crippen LogP contribution in [0.5, 0.6) is 11.5 Å². The Morgan fingerprint density at radius 3 is 2.47 bits per heavy atom. The molecule has 15 heavy (non-hydrogen) atoms. The van der Waals surface area contributed by atoms with E-state index in [1.165, 1.54) is 12.1 Å². The minimum atomic E-state index is -0.434. The molecule has 1 rings (SSSR count). The molecule has 0 radical (unpaired) electrons. The summed E-state index contributed by atoms with van der Waals surface area (Å²) in [6.45, 7) is 0.242. The highest BCUT2D eigenvalue weighted by Gasteiger charge is 2.07. The molecule has 78 valence electrons. The highest BCUT2D eigenvalue weighted by atomic mass is 16.3. The number of rotatable bonds is 3. The van der Waals surface area contributed by atoms with Crippen LogP contribution in [-0.2, 0) is 0 Å². The normalized spacial score (nSPS) is 9.27. The van der Waals surface area contributed by atoms with Crippen molar-refractivity contribution >= 4 is 5.91 Å². The molecule has 0 aliphatic heterocycles. The number of hydrogen-bond acceptors (Lipinski definition) is 4. The molecule has 0 aromatic heterocycles. The number of hydrogen-bond donors (Lipinski definition) is 3. The standard InChI is InChI=1S/C10H10N2O3/c11-2-1-3-12-10(15)7-4-8(13)6-9(14)5-7/h4-6,13-14H,1,3H2,(H,12,15). The molecule has 0 saturated carbocycles. The third-order valence-corrected chi connectivity index (χ3v) is 1.69. The molecule has 5 heteroatoms. The van der Waals surface area contributed by atoms with E-state index in [4.69, 9.17) is 15.5 Å². The van der Waals surface area contributed by atoms with Crippen LogP contribution in [-0.4, -0.2) is 22.7 Å². The van der Waals surface area contributed by atoms with Gasteiger partial charge < -0.3 is 15.5 Å². The largest absolute Gasteiger partial charge is 0.508 e. The molecule has 5 nitrogen and oxygen atoms in total. The van der Waals surface area contributed by atoms with Crippen molar-refractivity contribution in [2.45, 2.75) is 6.42 Å². The Bertz CT molecular complexity index is 389. The summed E-state index contributed by atoms with van der Waals surface area (Å²) in [5, 5.41) is 29.0. The van der Waals surface area contributed by atoms with Gasteiger partial charge in [0.05, 0.1) is 12.5 Å². The fourth-order valence-electron chi connectivity index (χ4n) is 1.06. The third-order valence-electron chi connectivity index (χ3n) is 1.69. The van der Waals surface area contributed by atoms with Crippen LogP contribution >= 0.6 is 0 Å². The maximum Gasteiger partial charge on any atom is 0.251 e. The Morgan fingerprint density at radius 1 is 1.33 bits per heavy atom. The lowest BCUT2D eigenvalue weighted by Gasteiger charge is -2.03. The SMILES string of the molecule is N#CCCNC(=O)c1cc(O)cc(O)c1. The molecule has 0 aliphatic rings. The molecule has 0 spiro atoms. The van der Waals surface area contributed by atoms with Gasteiger partial charge in [0.2, 0.25) is 0 Å². The number of nitriles is 1. The van der Waals surface area contributed by atoms with Gasteiger partial charge in [-0.15, -0.1) is 0 Å². The van der Waals surface area contributed by atoms with Gasteiger partial charge in [-0.1, -0.05) is 0 Å². The summed E-state index contributed by atoms with van der Waals surface area (Å²) in [5.74, 6) is -0.794. The maximum atomic E-state index is 11.4. The van der Waals surface area contributed by atoms with E-state index in [2.05, 4.69) is 5.32 Å². The first-order chi connectivity index (χ1) is 7.13. The van der Waals surface area contributed by atoms with Gasteiger partial charge in [0.1, 0.15) is 11.5 Å². The van der Waals surface area contributed by atoms with Crippen molar-refractivity contribution in [2.24, 2.45) is 0 Å². The van der Waals surface area contributed by atoms with Crippen molar-refractivity contribution in [1.29, 1.82) is 5.26 Å². The number of nitrogens with zero attached hydrogens (tertiary/aromatic N) is 1. The molecule has 1 aromatic rings. The lowest BCUT2D eigenvalue weighted by Crippen LogP contribution is -2.24. The molecule has 0 atom stereocenters. The maximum absolute atomic E-state index is 11.4. The molecular weight excluding hydrogens is 196 g/mol. The summed E-state index contributed by atoms with van der Waals surface area (Å²) >= 11 is 0. The topological polar surface area (TPSA) is 93.4 Å². The molecule has 0 heterocycles. The number of carbonyl (C=O) groups excluding carboxylic acids is 1. The van der Waals surface area contributed by atoms with Crippen molar-refractivity contribution in [2.75, 3.05) is 6.54 Å². The van der Waals surface area contributed by atoms with E-state index in [0.29, 0.717) is 0 Å². The van der Waals surface area contributed by atoms with E-state index in [1.54, 1.807) is 0 Å². The van der Waals surface area contributed by atoms with E-state index in [0.717, 1.165) is 6.07 Å². The highest BCUT2D eigenvalue weighted by Crippen LogP contribution is 2.20. The van der Waals surface area contributed by atoms with Crippen molar-refractivity contribution in [3.8, 4) is 17.6 Å². The van der Waals surface area contributed by atoms with E-state index in [9.17, 15) is 4.79 Å². The summed E-state index contributed by atoms with van der Waals surface area (Å²) in [6.07, 6.45) is 0.219. The van der Waals surface area contributed by atoms with Gasteiger partial charge in [0.15, 0.2) is 0 Å². The molecule has 1 amide bonds. The smallest absolute Gasteiger partial charge is 0.251 e. The molecule has 0 aliphatic carbocycles. The van der Waals surface area contributed by atoms with Crippen molar-refractivity contribution in [3.63, 3.8) is 0 Å². The minimum absolute atomic E-state index is 0.158. The zero-order valence-corrected chi connectivity index (χ0v) is 7.90. The molecule has 1 aromatic carbocycles. The van der Waals surface area contributed by atoms with Gasteiger partial charge in [-0.25, -0.2) is 0 Å². The van der Waals surface area contributed by atoms with Crippen molar-refractivity contribution in [1.82, 2.24) is 5.32 Å². The van der Waals surface area contributed by atoms with Gasteiger partial charge in [0.25, 0.3) is 5.91 Å². The van der Waals surface area contributed by atoms with Crippen LogP contribution in [0.25, 0.3) is 0 Å². The van der Waals surface area contributed by atoms with Crippen LogP contribution in [0.1, 0.15) is 16.8 Å². The number of aromatic hydroxyl groups is 2. The zero-order valence-electron chi connectivity index (χ0n) is 7.90. The minimum Gasteiger partial charge on any atom is -0.508 e. The van der Waals surface area contributed by atoms with Crippen molar-refractivity contribution in [3.05, 3.63) is 23.8 Å². The quantitative estimate of drug-likeness (QED) is 0.636. The van der Waals surface area contributed by atoms with Crippen LogP contribution in [0.15, 0.2) is 18.2 Å². The second-order valence-corrected chi connectivity index (χ2v) is 2.90. The Morgan fingerprint density at radius 2 is 1.93 bits per heavy atom. The second-order valence-electron chi connectivity index (χ2n) is 2.90. The zero-order chi connectivity index (χ0) is 11.3. The Balaban J connectivity index is 2.70. The van der Waals surface area contributed by atoms with Gasteiger partial charge in [-0.3, -0.25) is 4.79 Å². The lowest BCUT2D eigenvalue weighted by atomic mass is 10.2. The fourth-order valence-corrected chi connectivity index (χ4v) is 1.06. The molecule has 3 N–H and O–H groups in total. The van der Waals surface area contributed by atoms with Crippen LogP contribution < -0.4 is 5.32 Å². The predicted octanol–water partition coefficient (Wildman–Crippen LogP) is 0.741. The summed E-state index contributed by atoms with van der Waals surface area (Å²) in [5.41, 5.74) is 0.158. The van der Waals surface area contributed by atoms with E-state index >= 15 is 0 Å².